The van der Waals surface area contributed by atoms with E-state index in [0.29, 0.717) is 12.6 Å². The van der Waals surface area contributed by atoms with Crippen molar-refractivity contribution in [3.8, 4) is 0 Å². The average Bonchev–Trinajstić information content (AvgIpc) is 2.87. The summed E-state index contributed by atoms with van der Waals surface area (Å²) in [5, 5.41) is 4.34. The molecule has 90 valence electrons. The van der Waals surface area contributed by atoms with Gasteiger partial charge in [0.15, 0.2) is 5.13 Å². The third kappa shape index (κ3) is 2.93. The summed E-state index contributed by atoms with van der Waals surface area (Å²) in [6.45, 7) is 4.50. The first-order valence-corrected chi connectivity index (χ1v) is 6.63. The highest BCUT2D eigenvalue weighted by Crippen LogP contribution is 2.23. The summed E-state index contributed by atoms with van der Waals surface area (Å²) in [7, 11) is 0. The van der Waals surface area contributed by atoms with Gasteiger partial charge in [-0.1, -0.05) is 0 Å². The van der Waals surface area contributed by atoms with Gasteiger partial charge in [-0.3, -0.25) is 0 Å². The van der Waals surface area contributed by atoms with Gasteiger partial charge in [-0.25, -0.2) is 4.98 Å². The second-order valence-corrected chi connectivity index (χ2v) is 5.17. The second-order valence-electron chi connectivity index (χ2n) is 4.08. The molecule has 5 heteroatoms. The van der Waals surface area contributed by atoms with Crippen LogP contribution in [0.1, 0.15) is 23.4 Å². The summed E-state index contributed by atoms with van der Waals surface area (Å²) in [5.74, 6) is 0. The largest absolute Gasteiger partial charge is 0.376 e. The number of aromatic nitrogens is 1. The van der Waals surface area contributed by atoms with Gasteiger partial charge in [-0.2, -0.15) is 0 Å². The maximum absolute atomic E-state index is 5.55. The van der Waals surface area contributed by atoms with Crippen LogP contribution in [-0.2, 0) is 11.2 Å². The molecule has 0 aliphatic carbocycles. The standard InChI is InChI=1S/C11H19N3OS/c1-8-10(4-5-12)16-11(14-8)13-7-9-3-2-6-15-9/h9H,2-7,12H2,1H3,(H,13,14). The highest BCUT2D eigenvalue weighted by Gasteiger charge is 2.15. The molecule has 1 atom stereocenters. The maximum atomic E-state index is 5.55. The van der Waals surface area contributed by atoms with Crippen molar-refractivity contribution >= 4 is 16.5 Å². The van der Waals surface area contributed by atoms with E-state index in [4.69, 9.17) is 10.5 Å². The Morgan fingerprint density at radius 3 is 3.19 bits per heavy atom. The zero-order valence-corrected chi connectivity index (χ0v) is 10.5. The molecule has 1 aromatic rings. The normalized spacial score (nSPS) is 20.2. The molecule has 2 rings (SSSR count). The van der Waals surface area contributed by atoms with Crippen molar-refractivity contribution in [3.63, 3.8) is 0 Å². The van der Waals surface area contributed by atoms with Crippen molar-refractivity contribution in [1.29, 1.82) is 0 Å². The number of aryl methyl sites for hydroxylation is 1. The monoisotopic (exact) mass is 241 g/mol. The number of thiazole rings is 1. The first kappa shape index (κ1) is 11.8. The number of hydrogen-bond acceptors (Lipinski definition) is 5. The van der Waals surface area contributed by atoms with Crippen LogP contribution in [-0.4, -0.2) is 30.8 Å². The Morgan fingerprint density at radius 2 is 2.50 bits per heavy atom. The SMILES string of the molecule is Cc1nc(NCC2CCCO2)sc1CCN. The lowest BCUT2D eigenvalue weighted by Gasteiger charge is -2.08. The van der Waals surface area contributed by atoms with E-state index in [9.17, 15) is 0 Å². The van der Waals surface area contributed by atoms with Crippen LogP contribution in [0.2, 0.25) is 0 Å². The molecular formula is C11H19N3OS. The van der Waals surface area contributed by atoms with Crippen LogP contribution in [0.3, 0.4) is 0 Å². The molecule has 1 fully saturated rings. The third-order valence-corrected chi connectivity index (χ3v) is 3.94. The molecule has 2 heterocycles. The Labute approximate surface area is 100 Å². The first-order chi connectivity index (χ1) is 7.79. The van der Waals surface area contributed by atoms with Crippen LogP contribution in [0.15, 0.2) is 0 Å². The van der Waals surface area contributed by atoms with E-state index < -0.39 is 0 Å². The van der Waals surface area contributed by atoms with Crippen LogP contribution in [0.4, 0.5) is 5.13 Å². The molecule has 4 nitrogen and oxygen atoms in total. The van der Waals surface area contributed by atoms with Gasteiger partial charge in [-0.05, 0) is 32.7 Å². The maximum Gasteiger partial charge on any atom is 0.183 e. The van der Waals surface area contributed by atoms with Gasteiger partial charge in [0.2, 0.25) is 0 Å². The van der Waals surface area contributed by atoms with E-state index in [1.54, 1.807) is 11.3 Å². The lowest BCUT2D eigenvalue weighted by molar-refractivity contribution is 0.120. The summed E-state index contributed by atoms with van der Waals surface area (Å²) in [6, 6.07) is 0. The summed E-state index contributed by atoms with van der Waals surface area (Å²) in [6.07, 6.45) is 3.63. The van der Waals surface area contributed by atoms with Gasteiger partial charge in [0.05, 0.1) is 11.8 Å². The van der Waals surface area contributed by atoms with E-state index in [1.165, 1.54) is 11.3 Å². The molecule has 3 N–H and O–H groups in total. The van der Waals surface area contributed by atoms with Crippen molar-refractivity contribution in [2.75, 3.05) is 25.0 Å². The molecule has 1 aliphatic heterocycles. The highest BCUT2D eigenvalue weighted by molar-refractivity contribution is 7.15. The van der Waals surface area contributed by atoms with E-state index in [1.807, 2.05) is 6.92 Å². The Hall–Kier alpha value is -0.650. The third-order valence-electron chi connectivity index (χ3n) is 2.77. The number of hydrogen-bond donors (Lipinski definition) is 2. The highest BCUT2D eigenvalue weighted by atomic mass is 32.1. The Bertz CT molecular complexity index is 334. The van der Waals surface area contributed by atoms with E-state index in [2.05, 4.69) is 10.3 Å². The van der Waals surface area contributed by atoms with Crippen molar-refractivity contribution in [2.24, 2.45) is 5.73 Å². The Balaban J connectivity index is 1.86. The summed E-state index contributed by atoms with van der Waals surface area (Å²) < 4.78 is 5.55. The number of nitrogens with zero attached hydrogens (tertiary/aromatic N) is 1. The lowest BCUT2D eigenvalue weighted by Crippen LogP contribution is -2.18. The van der Waals surface area contributed by atoms with Crippen LogP contribution in [0.25, 0.3) is 0 Å². The molecule has 0 aromatic carbocycles. The van der Waals surface area contributed by atoms with Gasteiger partial charge in [0.1, 0.15) is 0 Å². The molecule has 16 heavy (non-hydrogen) atoms. The summed E-state index contributed by atoms with van der Waals surface area (Å²) >= 11 is 1.71. The first-order valence-electron chi connectivity index (χ1n) is 5.81. The molecular weight excluding hydrogens is 222 g/mol. The Morgan fingerprint density at radius 1 is 1.62 bits per heavy atom. The Kier molecular flexibility index (Phi) is 4.15. The molecule has 1 aliphatic rings. The van der Waals surface area contributed by atoms with Crippen LogP contribution < -0.4 is 11.1 Å². The molecule has 1 saturated heterocycles. The van der Waals surface area contributed by atoms with Gasteiger partial charge in [0, 0.05) is 18.0 Å². The fourth-order valence-electron chi connectivity index (χ4n) is 1.87. The second kappa shape index (κ2) is 5.61. The number of anilines is 1. The summed E-state index contributed by atoms with van der Waals surface area (Å²) in [4.78, 5) is 5.78. The predicted molar refractivity (Wildman–Crippen MR) is 67.1 cm³/mol. The molecule has 0 spiro atoms. The molecule has 0 radical (unpaired) electrons. The zero-order chi connectivity index (χ0) is 11.4. The smallest absolute Gasteiger partial charge is 0.183 e. The van der Waals surface area contributed by atoms with Gasteiger partial charge < -0.3 is 15.8 Å². The molecule has 1 aromatic heterocycles. The predicted octanol–water partition coefficient (Wildman–Crippen LogP) is 1.54. The number of ether oxygens (including phenoxy) is 1. The number of nitrogens with two attached hydrogens (primary N) is 1. The number of nitrogens with one attached hydrogen (secondary N) is 1. The zero-order valence-electron chi connectivity index (χ0n) is 9.66. The van der Waals surface area contributed by atoms with E-state index >= 15 is 0 Å². The topological polar surface area (TPSA) is 60.2 Å². The fourth-order valence-corrected chi connectivity index (χ4v) is 2.86. The van der Waals surface area contributed by atoms with Gasteiger partial charge >= 0.3 is 0 Å². The summed E-state index contributed by atoms with van der Waals surface area (Å²) in [5.41, 5.74) is 6.65. The lowest BCUT2D eigenvalue weighted by atomic mass is 10.2. The molecule has 0 saturated carbocycles. The van der Waals surface area contributed by atoms with Crippen LogP contribution >= 0.6 is 11.3 Å². The minimum atomic E-state index is 0.363. The minimum absolute atomic E-state index is 0.363. The van der Waals surface area contributed by atoms with Crippen molar-refractivity contribution < 1.29 is 4.74 Å². The molecule has 1 unspecified atom stereocenters. The van der Waals surface area contributed by atoms with Crippen molar-refractivity contribution in [2.45, 2.75) is 32.3 Å². The van der Waals surface area contributed by atoms with Crippen LogP contribution in [0, 0.1) is 6.92 Å². The van der Waals surface area contributed by atoms with Gasteiger partial charge in [0.25, 0.3) is 0 Å². The fraction of sp³-hybridized carbons (Fsp3) is 0.727. The van der Waals surface area contributed by atoms with E-state index in [-0.39, 0.29) is 0 Å². The van der Waals surface area contributed by atoms with Crippen LogP contribution in [0.5, 0.6) is 0 Å². The average molecular weight is 241 g/mol. The van der Waals surface area contributed by atoms with Crippen molar-refractivity contribution in [1.82, 2.24) is 4.98 Å². The molecule has 0 bridgehead atoms. The molecule has 0 amide bonds. The van der Waals surface area contributed by atoms with Gasteiger partial charge in [-0.15, -0.1) is 11.3 Å². The van der Waals surface area contributed by atoms with E-state index in [0.717, 1.165) is 36.8 Å². The number of rotatable bonds is 5. The van der Waals surface area contributed by atoms with Crippen molar-refractivity contribution in [3.05, 3.63) is 10.6 Å². The minimum Gasteiger partial charge on any atom is -0.376 e. The quantitative estimate of drug-likeness (QED) is 0.821.